The van der Waals surface area contributed by atoms with Crippen molar-refractivity contribution in [2.45, 2.75) is 11.8 Å². The number of carbonyl (C=O) groups excluding carboxylic acids is 1. The Bertz CT molecular complexity index is 569. The highest BCUT2D eigenvalue weighted by Gasteiger charge is 2.05. The molecule has 0 atom stereocenters. The first-order valence-electron chi connectivity index (χ1n) is 5.89. The number of aryl methyl sites for hydroxylation is 1. The Labute approximate surface area is 116 Å². The van der Waals surface area contributed by atoms with E-state index < -0.39 is 0 Å². The van der Waals surface area contributed by atoms with Gasteiger partial charge in [-0.1, -0.05) is 18.2 Å². The van der Waals surface area contributed by atoms with Crippen molar-refractivity contribution in [3.63, 3.8) is 0 Å². The third kappa shape index (κ3) is 4.10. The molecule has 0 saturated heterocycles. The Morgan fingerprint density at radius 3 is 2.53 bits per heavy atom. The summed E-state index contributed by atoms with van der Waals surface area (Å²) in [4.78, 5) is 12.9. The van der Waals surface area contributed by atoms with Crippen molar-refractivity contribution in [2.75, 3.05) is 11.1 Å². The number of nitrogens with one attached hydrogen (secondary N) is 1. The molecule has 0 aliphatic heterocycles. The number of hydrogen-bond donors (Lipinski definition) is 1. The predicted octanol–water partition coefficient (Wildman–Crippen LogP) is 3.86. The van der Waals surface area contributed by atoms with Crippen molar-refractivity contribution in [1.82, 2.24) is 0 Å². The Morgan fingerprint density at radius 1 is 1.16 bits per heavy atom. The molecule has 2 aromatic carbocycles. The van der Waals surface area contributed by atoms with Gasteiger partial charge in [-0.25, -0.2) is 4.39 Å². The van der Waals surface area contributed by atoms with Gasteiger partial charge in [0.15, 0.2) is 0 Å². The minimum atomic E-state index is -0.313. The standard InChI is InChI=1S/C15H14FNOS/c1-11-4-2-3-5-14(11)19-10-15(18)17-13-8-6-12(16)7-9-13/h2-9H,10H2,1H3,(H,17,18). The zero-order valence-corrected chi connectivity index (χ0v) is 11.3. The van der Waals surface area contributed by atoms with Crippen LogP contribution in [0, 0.1) is 12.7 Å². The number of amides is 1. The van der Waals surface area contributed by atoms with Crippen LogP contribution in [-0.2, 0) is 4.79 Å². The average molecular weight is 275 g/mol. The number of hydrogen-bond acceptors (Lipinski definition) is 2. The van der Waals surface area contributed by atoms with Crippen LogP contribution in [0.25, 0.3) is 0 Å². The van der Waals surface area contributed by atoms with Gasteiger partial charge in [0.05, 0.1) is 5.75 Å². The summed E-state index contributed by atoms with van der Waals surface area (Å²) in [6.07, 6.45) is 0. The molecule has 0 spiro atoms. The smallest absolute Gasteiger partial charge is 0.234 e. The van der Waals surface area contributed by atoms with Gasteiger partial charge >= 0.3 is 0 Å². The zero-order chi connectivity index (χ0) is 13.7. The molecule has 2 rings (SSSR count). The molecule has 0 saturated carbocycles. The zero-order valence-electron chi connectivity index (χ0n) is 10.5. The van der Waals surface area contributed by atoms with Crippen molar-refractivity contribution < 1.29 is 9.18 Å². The minimum absolute atomic E-state index is 0.0974. The molecule has 19 heavy (non-hydrogen) atoms. The van der Waals surface area contributed by atoms with E-state index in [-0.39, 0.29) is 11.7 Å². The van der Waals surface area contributed by atoms with Crippen LogP contribution in [0.1, 0.15) is 5.56 Å². The van der Waals surface area contributed by atoms with Crippen LogP contribution in [0.3, 0.4) is 0 Å². The third-order valence-corrected chi connectivity index (χ3v) is 3.76. The maximum absolute atomic E-state index is 12.7. The number of thioether (sulfide) groups is 1. The molecule has 98 valence electrons. The SMILES string of the molecule is Cc1ccccc1SCC(=O)Nc1ccc(F)cc1. The first-order valence-corrected chi connectivity index (χ1v) is 6.87. The van der Waals surface area contributed by atoms with Crippen LogP contribution < -0.4 is 5.32 Å². The highest BCUT2D eigenvalue weighted by atomic mass is 32.2. The van der Waals surface area contributed by atoms with Crippen molar-refractivity contribution >= 4 is 23.4 Å². The molecule has 0 aliphatic carbocycles. The maximum Gasteiger partial charge on any atom is 0.234 e. The molecule has 4 heteroatoms. The number of benzene rings is 2. The normalized spacial score (nSPS) is 10.2. The molecule has 0 radical (unpaired) electrons. The monoisotopic (exact) mass is 275 g/mol. The fourth-order valence-electron chi connectivity index (χ4n) is 1.59. The average Bonchev–Trinajstić information content (AvgIpc) is 2.40. The van der Waals surface area contributed by atoms with Gasteiger partial charge in [0.2, 0.25) is 5.91 Å². The summed E-state index contributed by atoms with van der Waals surface area (Å²) in [5.41, 5.74) is 1.76. The summed E-state index contributed by atoms with van der Waals surface area (Å²) in [6, 6.07) is 13.7. The molecule has 2 aromatic rings. The summed E-state index contributed by atoms with van der Waals surface area (Å²) >= 11 is 1.49. The minimum Gasteiger partial charge on any atom is -0.325 e. The van der Waals surface area contributed by atoms with E-state index in [9.17, 15) is 9.18 Å². The van der Waals surface area contributed by atoms with Gasteiger partial charge in [-0.3, -0.25) is 4.79 Å². The van der Waals surface area contributed by atoms with Gasteiger partial charge in [0.1, 0.15) is 5.82 Å². The molecule has 1 N–H and O–H groups in total. The van der Waals surface area contributed by atoms with Gasteiger partial charge in [-0.2, -0.15) is 0 Å². The van der Waals surface area contributed by atoms with Gasteiger partial charge in [-0.15, -0.1) is 11.8 Å². The van der Waals surface area contributed by atoms with E-state index in [4.69, 9.17) is 0 Å². The highest BCUT2D eigenvalue weighted by Crippen LogP contribution is 2.21. The molecule has 2 nitrogen and oxygen atoms in total. The number of carbonyl (C=O) groups is 1. The first-order chi connectivity index (χ1) is 9.15. The maximum atomic E-state index is 12.7. The Hall–Kier alpha value is -1.81. The lowest BCUT2D eigenvalue weighted by molar-refractivity contribution is -0.113. The first kappa shape index (κ1) is 13.6. The van der Waals surface area contributed by atoms with Crippen LogP contribution in [0.5, 0.6) is 0 Å². The largest absolute Gasteiger partial charge is 0.325 e. The fourth-order valence-corrected chi connectivity index (χ4v) is 2.42. The van der Waals surface area contributed by atoms with E-state index in [0.29, 0.717) is 11.4 Å². The van der Waals surface area contributed by atoms with Gasteiger partial charge in [0.25, 0.3) is 0 Å². The molecule has 0 aromatic heterocycles. The molecule has 0 bridgehead atoms. The van der Waals surface area contributed by atoms with Crippen molar-refractivity contribution in [3.05, 3.63) is 59.9 Å². The molecule has 0 unspecified atom stereocenters. The van der Waals surface area contributed by atoms with Crippen molar-refractivity contribution in [2.24, 2.45) is 0 Å². The van der Waals surface area contributed by atoms with Crippen LogP contribution in [-0.4, -0.2) is 11.7 Å². The lowest BCUT2D eigenvalue weighted by Gasteiger charge is -2.06. The topological polar surface area (TPSA) is 29.1 Å². The van der Waals surface area contributed by atoms with Crippen molar-refractivity contribution in [1.29, 1.82) is 0 Å². The summed E-state index contributed by atoms with van der Waals surface area (Å²) < 4.78 is 12.7. The molecule has 1 amide bonds. The Balaban J connectivity index is 1.88. The highest BCUT2D eigenvalue weighted by molar-refractivity contribution is 8.00. The van der Waals surface area contributed by atoms with Crippen LogP contribution in [0.4, 0.5) is 10.1 Å². The Morgan fingerprint density at radius 2 is 1.84 bits per heavy atom. The number of rotatable bonds is 4. The van der Waals surface area contributed by atoms with E-state index in [1.54, 1.807) is 12.1 Å². The van der Waals surface area contributed by atoms with E-state index in [2.05, 4.69) is 5.32 Å². The second-order valence-electron chi connectivity index (χ2n) is 4.11. The summed E-state index contributed by atoms with van der Waals surface area (Å²) in [7, 11) is 0. The van der Waals surface area contributed by atoms with Crippen LogP contribution in [0.15, 0.2) is 53.4 Å². The van der Waals surface area contributed by atoms with E-state index in [1.807, 2.05) is 31.2 Å². The molecular formula is C15H14FNOS. The van der Waals surface area contributed by atoms with Crippen LogP contribution >= 0.6 is 11.8 Å². The molecule has 0 heterocycles. The van der Waals surface area contributed by atoms with Gasteiger partial charge in [0, 0.05) is 10.6 Å². The van der Waals surface area contributed by atoms with Crippen LogP contribution in [0.2, 0.25) is 0 Å². The summed E-state index contributed by atoms with van der Waals surface area (Å²) in [5, 5.41) is 2.73. The molecule has 0 aliphatic rings. The lowest BCUT2D eigenvalue weighted by Crippen LogP contribution is -2.13. The van der Waals surface area contributed by atoms with Gasteiger partial charge in [-0.05, 0) is 42.8 Å². The number of halogens is 1. The molecule has 0 fully saturated rings. The molecular weight excluding hydrogens is 261 g/mol. The fraction of sp³-hybridized carbons (Fsp3) is 0.133. The second-order valence-corrected chi connectivity index (χ2v) is 5.13. The predicted molar refractivity (Wildman–Crippen MR) is 76.9 cm³/mol. The van der Waals surface area contributed by atoms with Crippen molar-refractivity contribution in [3.8, 4) is 0 Å². The van der Waals surface area contributed by atoms with E-state index in [0.717, 1.165) is 10.5 Å². The van der Waals surface area contributed by atoms with E-state index >= 15 is 0 Å². The third-order valence-electron chi connectivity index (χ3n) is 2.58. The second kappa shape index (κ2) is 6.38. The number of anilines is 1. The lowest BCUT2D eigenvalue weighted by atomic mass is 10.2. The quantitative estimate of drug-likeness (QED) is 0.858. The summed E-state index contributed by atoms with van der Waals surface area (Å²) in [6.45, 7) is 2.01. The van der Waals surface area contributed by atoms with Gasteiger partial charge < -0.3 is 5.32 Å². The van der Waals surface area contributed by atoms with E-state index in [1.165, 1.54) is 23.9 Å². The summed E-state index contributed by atoms with van der Waals surface area (Å²) in [5.74, 6) is -0.0745. The Kier molecular flexibility index (Phi) is 4.58.